The highest BCUT2D eigenvalue weighted by molar-refractivity contribution is 9.10. The van der Waals surface area contributed by atoms with Gasteiger partial charge in [-0.05, 0) is 24.3 Å². The van der Waals surface area contributed by atoms with Crippen molar-refractivity contribution in [1.29, 1.82) is 0 Å². The number of carbonyl (C=O) groups is 1. The molecule has 2 rings (SSSR count). The number of aldehydes is 1. The van der Waals surface area contributed by atoms with Crippen LogP contribution >= 0.6 is 15.9 Å². The van der Waals surface area contributed by atoms with Crippen molar-refractivity contribution in [3.05, 3.63) is 40.4 Å². The van der Waals surface area contributed by atoms with Crippen LogP contribution in [0, 0.1) is 0 Å². The molecule has 2 aromatic rings. The van der Waals surface area contributed by atoms with Gasteiger partial charge in [0.15, 0.2) is 6.29 Å². The molecular formula is C15H13BrN2O4. The lowest BCUT2D eigenvalue weighted by molar-refractivity contribution is 0.112. The Morgan fingerprint density at radius 1 is 1.05 bits per heavy atom. The molecule has 2 aromatic carbocycles. The van der Waals surface area contributed by atoms with E-state index in [1.165, 1.54) is 26.4 Å². The highest BCUT2D eigenvalue weighted by atomic mass is 79.9. The fourth-order valence-corrected chi connectivity index (χ4v) is 2.09. The van der Waals surface area contributed by atoms with E-state index in [0.717, 1.165) is 4.47 Å². The third-order valence-electron chi connectivity index (χ3n) is 2.86. The number of halogens is 1. The number of rotatable bonds is 5. The minimum Gasteiger partial charge on any atom is -0.507 e. The van der Waals surface area contributed by atoms with Gasteiger partial charge in [-0.3, -0.25) is 4.79 Å². The van der Waals surface area contributed by atoms with Crippen LogP contribution in [0.25, 0.3) is 0 Å². The van der Waals surface area contributed by atoms with E-state index in [0.29, 0.717) is 29.2 Å². The highest BCUT2D eigenvalue weighted by Crippen LogP contribution is 2.36. The normalized spacial score (nSPS) is 10.7. The van der Waals surface area contributed by atoms with Crippen LogP contribution in [0.4, 0.5) is 11.4 Å². The van der Waals surface area contributed by atoms with Crippen molar-refractivity contribution in [2.45, 2.75) is 0 Å². The van der Waals surface area contributed by atoms with Crippen molar-refractivity contribution in [2.75, 3.05) is 14.2 Å². The van der Waals surface area contributed by atoms with Gasteiger partial charge in [-0.25, -0.2) is 0 Å². The summed E-state index contributed by atoms with van der Waals surface area (Å²) in [4.78, 5) is 10.9. The number of benzene rings is 2. The average molecular weight is 365 g/mol. The molecule has 0 fully saturated rings. The lowest BCUT2D eigenvalue weighted by atomic mass is 10.2. The molecule has 0 atom stereocenters. The van der Waals surface area contributed by atoms with E-state index in [4.69, 9.17) is 9.47 Å². The van der Waals surface area contributed by atoms with Gasteiger partial charge in [0.1, 0.15) is 28.6 Å². The number of phenols is 1. The predicted octanol–water partition coefficient (Wildman–Crippen LogP) is 4.40. The molecule has 0 aliphatic heterocycles. The first-order chi connectivity index (χ1) is 10.6. The van der Waals surface area contributed by atoms with Gasteiger partial charge in [0.25, 0.3) is 0 Å². The van der Waals surface area contributed by atoms with Crippen LogP contribution in [-0.2, 0) is 0 Å². The van der Waals surface area contributed by atoms with Gasteiger partial charge in [0.2, 0.25) is 0 Å². The summed E-state index contributed by atoms with van der Waals surface area (Å²) in [5, 5.41) is 17.8. The van der Waals surface area contributed by atoms with Gasteiger partial charge in [0.05, 0.1) is 19.8 Å². The molecule has 0 heterocycles. The largest absolute Gasteiger partial charge is 0.507 e. The molecule has 0 amide bonds. The lowest BCUT2D eigenvalue weighted by Crippen LogP contribution is -1.87. The van der Waals surface area contributed by atoms with Crippen molar-refractivity contribution in [2.24, 2.45) is 10.2 Å². The quantitative estimate of drug-likeness (QED) is 0.629. The Morgan fingerprint density at radius 2 is 1.68 bits per heavy atom. The zero-order chi connectivity index (χ0) is 16.1. The molecule has 0 aromatic heterocycles. The Bertz CT molecular complexity index is 732. The molecule has 0 aliphatic rings. The number of phenolic OH excluding ortho intramolecular Hbond substituents is 1. The van der Waals surface area contributed by atoms with Crippen LogP contribution < -0.4 is 9.47 Å². The van der Waals surface area contributed by atoms with Crippen molar-refractivity contribution in [1.82, 2.24) is 0 Å². The summed E-state index contributed by atoms with van der Waals surface area (Å²) in [5.41, 5.74) is 0.957. The smallest absolute Gasteiger partial charge is 0.153 e. The number of hydrogen-bond donors (Lipinski definition) is 1. The zero-order valence-electron chi connectivity index (χ0n) is 11.9. The summed E-state index contributed by atoms with van der Waals surface area (Å²) in [6, 6.07) is 8.02. The van der Waals surface area contributed by atoms with Crippen LogP contribution in [0.1, 0.15) is 10.4 Å². The number of hydrogen-bond acceptors (Lipinski definition) is 6. The number of nitrogens with zero attached hydrogens (tertiary/aromatic N) is 2. The number of methoxy groups -OCH3 is 2. The predicted molar refractivity (Wildman–Crippen MR) is 84.9 cm³/mol. The van der Waals surface area contributed by atoms with Gasteiger partial charge in [-0.15, -0.1) is 10.2 Å². The minimum absolute atomic E-state index is 0.109. The van der Waals surface area contributed by atoms with E-state index in [-0.39, 0.29) is 11.3 Å². The zero-order valence-corrected chi connectivity index (χ0v) is 13.5. The Balaban J connectivity index is 2.43. The number of aromatic hydroxyl groups is 1. The second-order valence-corrected chi connectivity index (χ2v) is 5.13. The molecule has 6 nitrogen and oxygen atoms in total. The molecule has 0 unspecified atom stereocenters. The van der Waals surface area contributed by atoms with Gasteiger partial charge < -0.3 is 14.6 Å². The Kier molecular flexibility index (Phi) is 5.11. The van der Waals surface area contributed by atoms with E-state index in [1.54, 1.807) is 12.1 Å². The molecule has 0 radical (unpaired) electrons. The summed E-state index contributed by atoms with van der Waals surface area (Å²) in [5.74, 6) is 0.682. The Morgan fingerprint density at radius 3 is 2.32 bits per heavy atom. The molecule has 0 saturated heterocycles. The van der Waals surface area contributed by atoms with Crippen LogP contribution in [0.15, 0.2) is 45.0 Å². The molecule has 7 heteroatoms. The first-order valence-electron chi connectivity index (χ1n) is 6.20. The maximum atomic E-state index is 10.9. The SMILES string of the molecule is COc1cc(Br)ccc1N=Nc1cc(C=O)c(O)cc1OC. The van der Waals surface area contributed by atoms with Crippen molar-refractivity contribution < 1.29 is 19.4 Å². The number of ether oxygens (including phenoxy) is 2. The summed E-state index contributed by atoms with van der Waals surface area (Å²) in [6.45, 7) is 0. The van der Waals surface area contributed by atoms with Crippen LogP contribution in [-0.4, -0.2) is 25.6 Å². The van der Waals surface area contributed by atoms with Crippen LogP contribution in [0.2, 0.25) is 0 Å². The molecule has 1 N–H and O–H groups in total. The number of azo groups is 1. The van der Waals surface area contributed by atoms with E-state index in [9.17, 15) is 9.90 Å². The lowest BCUT2D eigenvalue weighted by Gasteiger charge is -2.07. The monoisotopic (exact) mass is 364 g/mol. The molecular weight excluding hydrogens is 352 g/mol. The van der Waals surface area contributed by atoms with E-state index < -0.39 is 0 Å². The summed E-state index contributed by atoms with van der Waals surface area (Å²) >= 11 is 3.34. The number of carbonyl (C=O) groups excluding carboxylic acids is 1. The van der Waals surface area contributed by atoms with Crippen molar-refractivity contribution in [3.63, 3.8) is 0 Å². The van der Waals surface area contributed by atoms with Crippen LogP contribution in [0.3, 0.4) is 0 Å². The molecule has 0 saturated carbocycles. The molecule has 0 spiro atoms. The standard InChI is InChI=1S/C15H13BrN2O4/c1-21-14-6-10(16)3-4-11(14)17-18-12-5-9(8-19)13(20)7-15(12)22-2/h3-8,20H,1-2H3. The maximum Gasteiger partial charge on any atom is 0.153 e. The van der Waals surface area contributed by atoms with Gasteiger partial charge in [-0.2, -0.15) is 0 Å². The second kappa shape index (κ2) is 7.04. The van der Waals surface area contributed by atoms with Crippen molar-refractivity contribution in [3.8, 4) is 17.2 Å². The summed E-state index contributed by atoms with van der Waals surface area (Å²) < 4.78 is 11.2. The van der Waals surface area contributed by atoms with Crippen molar-refractivity contribution >= 4 is 33.6 Å². The molecule has 0 aliphatic carbocycles. The third kappa shape index (κ3) is 3.43. The maximum absolute atomic E-state index is 10.9. The highest BCUT2D eigenvalue weighted by Gasteiger charge is 2.10. The summed E-state index contributed by atoms with van der Waals surface area (Å²) in [6.07, 6.45) is 0.536. The fraction of sp³-hybridized carbons (Fsp3) is 0.133. The first kappa shape index (κ1) is 16.0. The minimum atomic E-state index is -0.174. The summed E-state index contributed by atoms with van der Waals surface area (Å²) in [7, 11) is 2.97. The van der Waals surface area contributed by atoms with E-state index >= 15 is 0 Å². The second-order valence-electron chi connectivity index (χ2n) is 4.22. The van der Waals surface area contributed by atoms with Gasteiger partial charge in [-0.1, -0.05) is 15.9 Å². The van der Waals surface area contributed by atoms with Gasteiger partial charge in [0, 0.05) is 10.5 Å². The Hall–Kier alpha value is -2.41. The fourth-order valence-electron chi connectivity index (χ4n) is 1.75. The Labute approximate surface area is 135 Å². The third-order valence-corrected chi connectivity index (χ3v) is 3.36. The average Bonchev–Trinajstić information content (AvgIpc) is 2.53. The molecule has 22 heavy (non-hydrogen) atoms. The molecule has 114 valence electrons. The van der Waals surface area contributed by atoms with E-state index in [1.807, 2.05) is 6.07 Å². The topological polar surface area (TPSA) is 80.5 Å². The molecule has 0 bridgehead atoms. The first-order valence-corrected chi connectivity index (χ1v) is 6.99. The van der Waals surface area contributed by atoms with E-state index in [2.05, 4.69) is 26.2 Å². The van der Waals surface area contributed by atoms with Gasteiger partial charge >= 0.3 is 0 Å². The van der Waals surface area contributed by atoms with Crippen LogP contribution in [0.5, 0.6) is 17.2 Å².